The number of amides is 3. The summed E-state index contributed by atoms with van der Waals surface area (Å²) < 4.78 is 23.9. The number of aromatic nitrogens is 6. The number of H-pyrrole nitrogens is 1. The second-order valence-electron chi connectivity index (χ2n) is 17.5. The van der Waals surface area contributed by atoms with Crippen molar-refractivity contribution in [3.8, 4) is 16.8 Å². The molecule has 0 radical (unpaired) electrons. The number of anilines is 1. The number of urea groups is 1. The maximum Gasteiger partial charge on any atom is 0.438 e. The van der Waals surface area contributed by atoms with Gasteiger partial charge >= 0.3 is 11.8 Å². The zero-order valence-electron chi connectivity index (χ0n) is 36.8. The number of pyridine rings is 1. The van der Waals surface area contributed by atoms with Crippen LogP contribution in [0.2, 0.25) is 0 Å². The molecular formula is C48H50FN11O4. The molecule has 3 N–H and O–H groups in total. The van der Waals surface area contributed by atoms with Gasteiger partial charge in [-0.05, 0) is 110 Å². The minimum absolute atomic E-state index is 0.0172. The number of nitrogens with zero attached hydrogens (tertiary/aromatic N) is 8. The van der Waals surface area contributed by atoms with E-state index in [-0.39, 0.29) is 36.3 Å². The van der Waals surface area contributed by atoms with Gasteiger partial charge in [0.1, 0.15) is 22.9 Å². The second kappa shape index (κ2) is 15.3. The summed E-state index contributed by atoms with van der Waals surface area (Å²) in [6.07, 6.45) is 9.52. The van der Waals surface area contributed by atoms with Crippen LogP contribution in [-0.4, -0.2) is 90.1 Å². The van der Waals surface area contributed by atoms with Gasteiger partial charge in [0.2, 0.25) is 0 Å². The number of rotatable bonds is 10. The minimum atomic E-state index is -0.836. The standard InChI is InChI=1S/C48H50FN11O4/c1-7-37-29(5)35(12-14-52-37)30-8-11-40-31(20-30)22-41(59(40)48(23-28(48)4)45-53-46(62)64-55-45)44(61)56-15-13-39-36(25-56)43(60(54-39)34-18-26(2)42(49)27(3)19-34)58-17-16-57(47(58)63)33-9-10-38(51-6)32(21-33)24-50/h8,10-12,14,18-22,24,28,33,50-51H,7,9,13,15-17,23,25H2,1-6H3,(H,53,55,62)/t28-,33?,48-/m0/s1. The van der Waals surface area contributed by atoms with Gasteiger partial charge in [-0.1, -0.05) is 37.2 Å². The van der Waals surface area contributed by atoms with Gasteiger partial charge in [-0.15, -0.1) is 0 Å². The maximum atomic E-state index is 15.4. The second-order valence-corrected chi connectivity index (χ2v) is 17.5. The van der Waals surface area contributed by atoms with Crippen molar-refractivity contribution in [2.75, 3.05) is 31.6 Å². The first kappa shape index (κ1) is 40.9. The third-order valence-electron chi connectivity index (χ3n) is 13.8. The molecule has 64 heavy (non-hydrogen) atoms. The highest BCUT2D eigenvalue weighted by atomic mass is 19.1. The number of benzene rings is 2. The highest BCUT2D eigenvalue weighted by molar-refractivity contribution is 6.01. The Morgan fingerprint density at radius 1 is 1.09 bits per heavy atom. The highest BCUT2D eigenvalue weighted by Gasteiger charge is 2.59. The summed E-state index contributed by atoms with van der Waals surface area (Å²) in [5.41, 5.74) is 9.19. The van der Waals surface area contributed by atoms with E-state index in [1.807, 2.05) is 53.1 Å². The fourth-order valence-electron chi connectivity index (χ4n) is 10.4. The average Bonchev–Trinajstić information content (AvgIpc) is 3.78. The van der Waals surface area contributed by atoms with E-state index >= 15 is 9.18 Å². The van der Waals surface area contributed by atoms with Gasteiger partial charge in [-0.2, -0.15) is 5.10 Å². The molecule has 3 amide bonds. The number of carbonyl (C=O) groups excluding carboxylic acids is 2. The first-order valence-corrected chi connectivity index (χ1v) is 21.9. The zero-order chi connectivity index (χ0) is 44.8. The first-order chi connectivity index (χ1) is 30.9. The van der Waals surface area contributed by atoms with Crippen LogP contribution in [-0.2, 0) is 24.9 Å². The lowest BCUT2D eigenvalue weighted by Gasteiger charge is -2.30. The number of halogens is 1. The van der Waals surface area contributed by atoms with E-state index in [1.165, 1.54) is 6.21 Å². The van der Waals surface area contributed by atoms with Crippen LogP contribution in [0.5, 0.6) is 0 Å². The van der Waals surface area contributed by atoms with E-state index < -0.39 is 11.3 Å². The molecule has 1 unspecified atom stereocenters. The van der Waals surface area contributed by atoms with Crippen molar-refractivity contribution in [1.82, 2.24) is 44.6 Å². The number of nitrogens with one attached hydrogen (secondary N) is 3. The Bertz CT molecular complexity index is 3040. The molecule has 6 aromatic rings. The lowest BCUT2D eigenvalue weighted by molar-refractivity contribution is 0.0721. The van der Waals surface area contributed by atoms with Crippen LogP contribution in [0.25, 0.3) is 27.7 Å². The van der Waals surface area contributed by atoms with Crippen LogP contribution >= 0.6 is 0 Å². The fraction of sp³-hybridized carbons (Fsp3) is 0.354. The molecule has 10 rings (SSSR count). The van der Waals surface area contributed by atoms with Crippen molar-refractivity contribution >= 4 is 34.9 Å². The van der Waals surface area contributed by atoms with Gasteiger partial charge in [0.05, 0.1) is 24.0 Å². The molecule has 15 nitrogen and oxygen atoms in total. The number of fused-ring (bicyclic) bond motifs is 2. The molecule has 4 aromatic heterocycles. The summed E-state index contributed by atoms with van der Waals surface area (Å²) in [5.74, 6) is -0.263. The number of hydrogen-bond donors (Lipinski definition) is 3. The van der Waals surface area contributed by atoms with Crippen LogP contribution in [0.3, 0.4) is 0 Å². The van der Waals surface area contributed by atoms with E-state index in [9.17, 15) is 9.59 Å². The largest absolute Gasteiger partial charge is 0.438 e. The van der Waals surface area contributed by atoms with E-state index in [1.54, 1.807) is 40.5 Å². The van der Waals surface area contributed by atoms with Crippen molar-refractivity contribution in [2.45, 2.75) is 78.4 Å². The Morgan fingerprint density at radius 3 is 2.56 bits per heavy atom. The van der Waals surface area contributed by atoms with E-state index in [0.29, 0.717) is 78.6 Å². The topological polar surface area (TPSA) is 174 Å². The third kappa shape index (κ3) is 6.32. The van der Waals surface area contributed by atoms with Gasteiger partial charge in [0, 0.05) is 78.9 Å². The van der Waals surface area contributed by atoms with Crippen molar-refractivity contribution in [3.63, 3.8) is 0 Å². The highest BCUT2D eigenvalue weighted by Crippen LogP contribution is 2.56. The van der Waals surface area contributed by atoms with Crippen molar-refractivity contribution in [3.05, 3.63) is 134 Å². The van der Waals surface area contributed by atoms with Crippen LogP contribution in [0, 0.1) is 37.9 Å². The van der Waals surface area contributed by atoms with E-state index in [2.05, 4.69) is 53.3 Å². The van der Waals surface area contributed by atoms with Crippen LogP contribution in [0.15, 0.2) is 81.4 Å². The normalized spacial score (nSPS) is 20.7. The number of aryl methyl sites for hydroxylation is 3. The van der Waals surface area contributed by atoms with Crippen LogP contribution in [0.4, 0.5) is 15.0 Å². The third-order valence-corrected chi connectivity index (χ3v) is 13.8. The lowest BCUT2D eigenvalue weighted by Crippen LogP contribution is -2.41. The molecule has 328 valence electrons. The summed E-state index contributed by atoms with van der Waals surface area (Å²) in [6.45, 7) is 11.0. The smallest absolute Gasteiger partial charge is 0.388 e. The Hall–Kier alpha value is -7.10. The molecule has 2 aliphatic heterocycles. The van der Waals surface area contributed by atoms with Crippen molar-refractivity contribution in [2.24, 2.45) is 5.92 Å². The first-order valence-electron chi connectivity index (χ1n) is 21.9. The minimum Gasteiger partial charge on any atom is -0.388 e. The van der Waals surface area contributed by atoms with Gasteiger partial charge in [-0.25, -0.2) is 18.7 Å². The molecule has 2 fully saturated rings. The summed E-state index contributed by atoms with van der Waals surface area (Å²) in [5, 5.41) is 21.3. The van der Waals surface area contributed by atoms with Gasteiger partial charge < -0.3 is 25.1 Å². The Morgan fingerprint density at radius 2 is 1.88 bits per heavy atom. The zero-order valence-corrected chi connectivity index (χ0v) is 36.8. The van der Waals surface area contributed by atoms with Gasteiger partial charge in [0.15, 0.2) is 5.82 Å². The molecule has 1 saturated carbocycles. The van der Waals surface area contributed by atoms with Gasteiger partial charge in [0.25, 0.3) is 5.91 Å². The molecule has 0 bridgehead atoms. The predicted octanol–water partition coefficient (Wildman–Crippen LogP) is 6.87. The monoisotopic (exact) mass is 863 g/mol. The summed E-state index contributed by atoms with van der Waals surface area (Å²) in [7, 11) is 1.81. The summed E-state index contributed by atoms with van der Waals surface area (Å²) in [4.78, 5) is 55.2. The molecule has 0 spiro atoms. The molecule has 3 atom stereocenters. The predicted molar refractivity (Wildman–Crippen MR) is 241 cm³/mol. The molecule has 2 aliphatic carbocycles. The molecule has 4 aliphatic rings. The number of carbonyl (C=O) groups is 2. The SMILES string of the molecule is CCc1nccc(-c2ccc3c(c2)cc(C(=O)N2CCc4nn(-c5cc(C)c(F)c(C)c5)c(N5CCN(C6C=C(C=N)C(NC)=CC6)C5=O)c4C2)n3[C@@]2(c3noc(=O)[nH]3)C[C@@H]2C)c1C. The number of hydrogen-bond acceptors (Lipinski definition) is 9. The number of likely N-dealkylation sites (N-methyl/N-ethyl adjacent to an activating group) is 1. The molecule has 16 heteroatoms. The Balaban J connectivity index is 1.07. The Kier molecular flexibility index (Phi) is 9.79. The van der Waals surface area contributed by atoms with Crippen LogP contribution < -0.4 is 16.0 Å². The van der Waals surface area contributed by atoms with E-state index in [0.717, 1.165) is 56.7 Å². The maximum absolute atomic E-state index is 15.4. The van der Waals surface area contributed by atoms with Gasteiger partial charge in [-0.3, -0.25) is 24.2 Å². The average molecular weight is 864 g/mol. The molecular weight excluding hydrogens is 814 g/mol. The Labute approximate surface area is 368 Å². The molecule has 2 aromatic carbocycles. The summed E-state index contributed by atoms with van der Waals surface area (Å²) >= 11 is 0. The molecule has 1 saturated heterocycles. The molecule has 6 heterocycles. The number of allylic oxidation sites excluding steroid dienone is 1. The fourth-order valence-corrected chi connectivity index (χ4v) is 10.4. The lowest BCUT2D eigenvalue weighted by atomic mass is 9.98. The quantitative estimate of drug-likeness (QED) is 0.125. The van der Waals surface area contributed by atoms with Crippen molar-refractivity contribution < 1.29 is 18.5 Å². The number of aromatic amines is 1. The summed E-state index contributed by atoms with van der Waals surface area (Å²) in [6, 6.07) is 13.2. The van der Waals surface area contributed by atoms with E-state index in [4.69, 9.17) is 15.0 Å². The van der Waals surface area contributed by atoms with Crippen LogP contribution in [0.1, 0.15) is 76.6 Å². The van der Waals surface area contributed by atoms with Crippen molar-refractivity contribution in [1.29, 1.82) is 5.41 Å².